The zero-order valence-corrected chi connectivity index (χ0v) is 5.52. The van der Waals surface area contributed by atoms with Crippen LogP contribution in [0.25, 0.3) is 0 Å². The summed E-state index contributed by atoms with van der Waals surface area (Å²) in [7, 11) is 0. The van der Waals surface area contributed by atoms with Crippen LogP contribution < -0.4 is 16.5 Å². The maximum Gasteiger partial charge on any atom is 0.269 e. The summed E-state index contributed by atoms with van der Waals surface area (Å²) in [4.78, 5) is 14.7. The van der Waals surface area contributed by atoms with Crippen molar-refractivity contribution in [3.05, 3.63) is 17.8 Å². The molecule has 0 atom stereocenters. The summed E-state index contributed by atoms with van der Waals surface area (Å²) in [5.41, 5.74) is 4.97. The molecular formula is C5H6N4O2. The highest BCUT2D eigenvalue weighted by Gasteiger charge is 2.01. The standard InChI is InChI=1S/C5H6N4O2/c6-5(10)3-1-2-4(11-7)9-8-3/h1-2H,7H2,(H2,6,10). The predicted octanol–water partition coefficient (Wildman–Crippen LogP) is -1.17. The summed E-state index contributed by atoms with van der Waals surface area (Å²) in [5.74, 6) is 4.25. The zero-order chi connectivity index (χ0) is 8.27. The lowest BCUT2D eigenvalue weighted by Crippen LogP contribution is -2.14. The Morgan fingerprint density at radius 3 is 2.55 bits per heavy atom. The molecule has 6 heteroatoms. The molecule has 0 aliphatic rings. The molecule has 11 heavy (non-hydrogen) atoms. The van der Waals surface area contributed by atoms with Crippen LogP contribution in [0.4, 0.5) is 0 Å². The minimum atomic E-state index is -0.638. The van der Waals surface area contributed by atoms with E-state index in [-0.39, 0.29) is 11.6 Å². The lowest BCUT2D eigenvalue weighted by molar-refractivity contribution is 0.0994. The van der Waals surface area contributed by atoms with Crippen molar-refractivity contribution < 1.29 is 9.63 Å². The van der Waals surface area contributed by atoms with E-state index >= 15 is 0 Å². The maximum atomic E-state index is 10.4. The van der Waals surface area contributed by atoms with Crippen molar-refractivity contribution >= 4 is 5.91 Å². The van der Waals surface area contributed by atoms with E-state index in [1.165, 1.54) is 12.1 Å². The van der Waals surface area contributed by atoms with Gasteiger partial charge >= 0.3 is 0 Å². The van der Waals surface area contributed by atoms with Gasteiger partial charge in [0.15, 0.2) is 5.69 Å². The SMILES string of the molecule is NOc1ccc(C(N)=O)nn1. The van der Waals surface area contributed by atoms with Gasteiger partial charge in [0.05, 0.1) is 0 Å². The van der Waals surface area contributed by atoms with Gasteiger partial charge in [0.2, 0.25) is 0 Å². The number of rotatable bonds is 2. The molecule has 1 heterocycles. The maximum absolute atomic E-state index is 10.4. The van der Waals surface area contributed by atoms with Crippen molar-refractivity contribution in [1.29, 1.82) is 0 Å². The monoisotopic (exact) mass is 154 g/mol. The summed E-state index contributed by atoms with van der Waals surface area (Å²) in [6.45, 7) is 0. The highest BCUT2D eigenvalue weighted by Crippen LogP contribution is 2.01. The molecule has 1 rings (SSSR count). The molecule has 0 saturated heterocycles. The van der Waals surface area contributed by atoms with Gasteiger partial charge in [0.1, 0.15) is 0 Å². The number of carbonyl (C=O) groups is 1. The Balaban J connectivity index is 2.91. The molecule has 1 aromatic rings. The Bertz CT molecular complexity index is 258. The van der Waals surface area contributed by atoms with Gasteiger partial charge in [-0.25, -0.2) is 0 Å². The average molecular weight is 154 g/mol. The second kappa shape index (κ2) is 2.93. The van der Waals surface area contributed by atoms with E-state index in [1.807, 2.05) is 0 Å². The molecule has 0 bridgehead atoms. The van der Waals surface area contributed by atoms with Gasteiger partial charge in [0.25, 0.3) is 11.8 Å². The second-order valence-corrected chi connectivity index (χ2v) is 1.74. The highest BCUT2D eigenvalue weighted by atomic mass is 16.6. The number of amides is 1. The Morgan fingerprint density at radius 2 is 2.18 bits per heavy atom. The van der Waals surface area contributed by atoms with Crippen LogP contribution in [0.3, 0.4) is 0 Å². The van der Waals surface area contributed by atoms with Crippen molar-refractivity contribution in [2.45, 2.75) is 0 Å². The van der Waals surface area contributed by atoms with Crippen molar-refractivity contribution in [2.75, 3.05) is 0 Å². The molecule has 0 aliphatic carbocycles. The third-order valence-electron chi connectivity index (χ3n) is 1.01. The first-order valence-corrected chi connectivity index (χ1v) is 2.74. The Morgan fingerprint density at radius 1 is 1.45 bits per heavy atom. The first-order chi connectivity index (χ1) is 5.24. The molecule has 0 aromatic carbocycles. The summed E-state index contributed by atoms with van der Waals surface area (Å²) in [5, 5.41) is 6.84. The van der Waals surface area contributed by atoms with Gasteiger partial charge in [-0.15, -0.1) is 10.2 Å². The van der Waals surface area contributed by atoms with E-state index in [9.17, 15) is 4.79 Å². The molecule has 0 saturated carbocycles. The van der Waals surface area contributed by atoms with Gasteiger partial charge in [-0.3, -0.25) is 4.79 Å². The molecule has 0 radical (unpaired) electrons. The van der Waals surface area contributed by atoms with Crippen molar-refractivity contribution in [2.24, 2.45) is 11.6 Å². The van der Waals surface area contributed by atoms with Crippen LogP contribution in [0.2, 0.25) is 0 Å². The van der Waals surface area contributed by atoms with E-state index in [2.05, 4.69) is 15.0 Å². The smallest absolute Gasteiger partial charge is 0.269 e. The highest BCUT2D eigenvalue weighted by molar-refractivity contribution is 5.90. The molecule has 1 amide bonds. The van der Waals surface area contributed by atoms with Crippen LogP contribution in [-0.4, -0.2) is 16.1 Å². The molecular weight excluding hydrogens is 148 g/mol. The quantitative estimate of drug-likeness (QED) is 0.522. The van der Waals surface area contributed by atoms with Gasteiger partial charge in [-0.05, 0) is 6.07 Å². The third kappa shape index (κ3) is 1.62. The first-order valence-electron chi connectivity index (χ1n) is 2.74. The number of hydrogen-bond acceptors (Lipinski definition) is 5. The molecule has 1 aromatic heterocycles. The second-order valence-electron chi connectivity index (χ2n) is 1.74. The van der Waals surface area contributed by atoms with Crippen molar-refractivity contribution in [3.63, 3.8) is 0 Å². The molecule has 0 unspecified atom stereocenters. The minimum absolute atomic E-state index is 0.0748. The fourth-order valence-corrected chi connectivity index (χ4v) is 0.514. The molecule has 0 fully saturated rings. The zero-order valence-electron chi connectivity index (χ0n) is 5.52. The summed E-state index contributed by atoms with van der Waals surface area (Å²) >= 11 is 0. The Labute approximate surface area is 62.1 Å². The number of primary amides is 1. The fourth-order valence-electron chi connectivity index (χ4n) is 0.514. The topological polar surface area (TPSA) is 104 Å². The molecule has 4 N–H and O–H groups in total. The number of carbonyl (C=O) groups excluding carboxylic acids is 1. The van der Waals surface area contributed by atoms with Gasteiger partial charge in [-0.1, -0.05) is 0 Å². The summed E-state index contributed by atoms with van der Waals surface area (Å²) in [6, 6.07) is 2.77. The van der Waals surface area contributed by atoms with Crippen LogP contribution in [0.1, 0.15) is 10.5 Å². The number of hydrogen-bond donors (Lipinski definition) is 2. The minimum Gasteiger partial charge on any atom is -0.390 e. The molecule has 58 valence electrons. The van der Waals surface area contributed by atoms with Crippen LogP contribution >= 0.6 is 0 Å². The number of aromatic nitrogens is 2. The van der Waals surface area contributed by atoms with Gasteiger partial charge in [0, 0.05) is 6.07 Å². The largest absolute Gasteiger partial charge is 0.390 e. The summed E-state index contributed by atoms with van der Waals surface area (Å²) in [6.07, 6.45) is 0. The predicted molar refractivity (Wildman–Crippen MR) is 35.4 cm³/mol. The summed E-state index contributed by atoms with van der Waals surface area (Å²) < 4.78 is 0. The normalized spacial score (nSPS) is 9.18. The van der Waals surface area contributed by atoms with E-state index in [4.69, 9.17) is 11.6 Å². The van der Waals surface area contributed by atoms with E-state index in [0.29, 0.717) is 0 Å². The molecule has 0 spiro atoms. The van der Waals surface area contributed by atoms with Crippen LogP contribution in [0.15, 0.2) is 12.1 Å². The van der Waals surface area contributed by atoms with Gasteiger partial charge in [-0.2, -0.15) is 5.90 Å². The van der Waals surface area contributed by atoms with Crippen LogP contribution in [0, 0.1) is 0 Å². The average Bonchev–Trinajstić information content (AvgIpc) is 2.05. The first kappa shape index (κ1) is 7.42. The van der Waals surface area contributed by atoms with Crippen molar-refractivity contribution in [1.82, 2.24) is 10.2 Å². The fraction of sp³-hybridized carbons (Fsp3) is 0. The van der Waals surface area contributed by atoms with Gasteiger partial charge < -0.3 is 10.6 Å². The lowest BCUT2D eigenvalue weighted by atomic mass is 10.4. The Hall–Kier alpha value is -1.69. The van der Waals surface area contributed by atoms with E-state index in [1.54, 1.807) is 0 Å². The van der Waals surface area contributed by atoms with E-state index < -0.39 is 5.91 Å². The van der Waals surface area contributed by atoms with Crippen LogP contribution in [-0.2, 0) is 0 Å². The van der Waals surface area contributed by atoms with Crippen LogP contribution in [0.5, 0.6) is 5.88 Å². The molecule has 0 aliphatic heterocycles. The number of nitrogens with zero attached hydrogens (tertiary/aromatic N) is 2. The van der Waals surface area contributed by atoms with Crippen molar-refractivity contribution in [3.8, 4) is 5.88 Å². The molecule has 6 nitrogen and oxygen atoms in total. The van der Waals surface area contributed by atoms with E-state index in [0.717, 1.165) is 0 Å². The third-order valence-corrected chi connectivity index (χ3v) is 1.01. The Kier molecular flexibility index (Phi) is 1.98. The lowest BCUT2D eigenvalue weighted by Gasteiger charge is -1.95. The number of nitrogens with two attached hydrogens (primary N) is 2.